The predicted molar refractivity (Wildman–Crippen MR) is 132 cm³/mol. The Bertz CT molecular complexity index is 1420. The lowest BCUT2D eigenvalue weighted by atomic mass is 10.1. The van der Waals surface area contributed by atoms with Crippen LogP contribution in [0.1, 0.15) is 28.4 Å². The number of carboxylic acid groups (broad SMARTS) is 1. The van der Waals surface area contributed by atoms with Gasteiger partial charge in [0.15, 0.2) is 5.75 Å². The molecule has 0 aliphatic carbocycles. The summed E-state index contributed by atoms with van der Waals surface area (Å²) in [5.41, 5.74) is 2.99. The first-order valence-electron chi connectivity index (χ1n) is 11.1. The van der Waals surface area contributed by atoms with Gasteiger partial charge in [0.2, 0.25) is 5.75 Å². The minimum absolute atomic E-state index is 0.0312. The Morgan fingerprint density at radius 2 is 1.84 bits per heavy atom. The molecule has 1 saturated heterocycles. The molecular weight excluding hydrogens is 482 g/mol. The Labute approximate surface area is 210 Å². The highest BCUT2D eigenvalue weighted by Crippen LogP contribution is 2.40. The molecule has 11 nitrogen and oxygen atoms in total. The van der Waals surface area contributed by atoms with Crippen LogP contribution in [-0.2, 0) is 16.2 Å². The smallest absolute Gasteiger partial charge is 0.335 e. The number of carbonyl (C=O) groups is 3. The first-order chi connectivity index (χ1) is 17.8. The van der Waals surface area contributed by atoms with Crippen LogP contribution < -0.4 is 19.9 Å². The number of anilines is 1. The summed E-state index contributed by atoms with van der Waals surface area (Å²) in [7, 11) is 0. The minimum Gasteiger partial charge on any atom is -0.490 e. The Morgan fingerprint density at radius 3 is 2.51 bits per heavy atom. The second-order valence-electron chi connectivity index (χ2n) is 7.83. The van der Waals surface area contributed by atoms with Crippen molar-refractivity contribution in [1.82, 2.24) is 5.43 Å². The van der Waals surface area contributed by atoms with Crippen molar-refractivity contribution in [2.24, 2.45) is 0 Å². The van der Waals surface area contributed by atoms with E-state index in [0.717, 1.165) is 5.01 Å². The van der Waals surface area contributed by atoms with Crippen LogP contribution in [0.3, 0.4) is 0 Å². The molecule has 1 fully saturated rings. The van der Waals surface area contributed by atoms with Crippen molar-refractivity contribution >= 4 is 35.2 Å². The number of hydrogen-bond donors (Lipinski definition) is 2. The summed E-state index contributed by atoms with van der Waals surface area (Å²) in [6, 6.07) is 17.1. The van der Waals surface area contributed by atoms with E-state index < -0.39 is 28.4 Å². The number of ether oxygens (including phenoxy) is 2. The van der Waals surface area contributed by atoms with Crippen LogP contribution in [0.5, 0.6) is 11.5 Å². The monoisotopic (exact) mass is 503 g/mol. The largest absolute Gasteiger partial charge is 0.490 e. The van der Waals surface area contributed by atoms with Gasteiger partial charge in [-0.2, -0.15) is 0 Å². The van der Waals surface area contributed by atoms with Crippen molar-refractivity contribution in [1.29, 1.82) is 0 Å². The number of nitro groups is 1. The summed E-state index contributed by atoms with van der Waals surface area (Å²) in [6.45, 7) is 1.68. The minimum atomic E-state index is -1.11. The molecule has 4 rings (SSSR count). The molecule has 2 N–H and O–H groups in total. The molecule has 0 radical (unpaired) electrons. The first-order valence-corrected chi connectivity index (χ1v) is 11.1. The summed E-state index contributed by atoms with van der Waals surface area (Å²) in [4.78, 5) is 47.9. The highest BCUT2D eigenvalue weighted by atomic mass is 16.6. The van der Waals surface area contributed by atoms with Crippen molar-refractivity contribution < 1.29 is 33.9 Å². The van der Waals surface area contributed by atoms with Crippen LogP contribution in [0.4, 0.5) is 11.4 Å². The molecule has 1 aliphatic rings. The van der Waals surface area contributed by atoms with Crippen LogP contribution >= 0.6 is 0 Å². The van der Waals surface area contributed by atoms with Gasteiger partial charge in [0.1, 0.15) is 12.2 Å². The number of para-hydroxylation sites is 1. The Hall–Kier alpha value is -5.19. The molecule has 1 aliphatic heterocycles. The van der Waals surface area contributed by atoms with E-state index in [1.165, 1.54) is 36.4 Å². The number of nitrogens with one attached hydrogen (secondary N) is 1. The molecule has 3 aromatic carbocycles. The van der Waals surface area contributed by atoms with Gasteiger partial charge in [-0.1, -0.05) is 30.3 Å². The third-order valence-corrected chi connectivity index (χ3v) is 5.33. The lowest BCUT2D eigenvalue weighted by molar-refractivity contribution is -0.386. The van der Waals surface area contributed by atoms with Gasteiger partial charge in [0.05, 0.1) is 22.8 Å². The van der Waals surface area contributed by atoms with Crippen molar-refractivity contribution in [3.05, 3.63) is 99.1 Å². The molecule has 0 aromatic heterocycles. The summed E-state index contributed by atoms with van der Waals surface area (Å²) in [5, 5.41) is 22.2. The van der Waals surface area contributed by atoms with Gasteiger partial charge in [-0.05, 0) is 54.5 Å². The van der Waals surface area contributed by atoms with Gasteiger partial charge in [-0.25, -0.2) is 9.80 Å². The number of aromatic carboxylic acids is 1. The van der Waals surface area contributed by atoms with E-state index in [-0.39, 0.29) is 41.4 Å². The lowest BCUT2D eigenvalue weighted by Crippen LogP contribution is -2.35. The summed E-state index contributed by atoms with van der Waals surface area (Å²) in [6.07, 6.45) is 1.25. The lowest BCUT2D eigenvalue weighted by Gasteiger charge is -2.14. The summed E-state index contributed by atoms with van der Waals surface area (Å²) < 4.78 is 11.3. The fraction of sp³-hybridized carbons (Fsp3) is 0.115. The molecule has 0 bridgehead atoms. The molecule has 2 amide bonds. The second-order valence-corrected chi connectivity index (χ2v) is 7.83. The van der Waals surface area contributed by atoms with E-state index >= 15 is 0 Å². The highest BCUT2D eigenvalue weighted by Gasteiger charge is 2.35. The normalized spacial score (nSPS) is 14.0. The molecule has 0 saturated carbocycles. The number of hydrogen-bond acceptors (Lipinski definition) is 7. The van der Waals surface area contributed by atoms with Crippen molar-refractivity contribution in [3.8, 4) is 11.5 Å². The zero-order valence-electron chi connectivity index (χ0n) is 19.5. The maximum Gasteiger partial charge on any atom is 0.335 e. The molecule has 0 atom stereocenters. The number of rotatable bonds is 9. The predicted octanol–water partition coefficient (Wildman–Crippen LogP) is 3.73. The van der Waals surface area contributed by atoms with Crippen LogP contribution in [0.2, 0.25) is 0 Å². The van der Waals surface area contributed by atoms with Crippen LogP contribution in [-0.4, -0.2) is 34.4 Å². The number of carbonyl (C=O) groups excluding carboxylic acids is 2. The highest BCUT2D eigenvalue weighted by molar-refractivity contribution is 6.31. The van der Waals surface area contributed by atoms with Gasteiger partial charge in [0.25, 0.3) is 11.8 Å². The molecule has 37 heavy (non-hydrogen) atoms. The molecule has 3 aromatic rings. The first kappa shape index (κ1) is 24.9. The van der Waals surface area contributed by atoms with Crippen molar-refractivity contribution in [2.75, 3.05) is 11.6 Å². The van der Waals surface area contributed by atoms with E-state index in [1.807, 2.05) is 0 Å². The topological polar surface area (TPSA) is 148 Å². The van der Waals surface area contributed by atoms with E-state index in [4.69, 9.17) is 9.47 Å². The number of hydrazine groups is 1. The Morgan fingerprint density at radius 1 is 1.08 bits per heavy atom. The second kappa shape index (κ2) is 10.6. The fourth-order valence-corrected chi connectivity index (χ4v) is 3.67. The number of nitrogens with zero attached hydrogens (tertiary/aromatic N) is 2. The zero-order chi connectivity index (χ0) is 26.5. The maximum atomic E-state index is 12.9. The molecule has 0 spiro atoms. The number of benzene rings is 3. The van der Waals surface area contributed by atoms with Crippen molar-refractivity contribution in [3.63, 3.8) is 0 Å². The van der Waals surface area contributed by atoms with Gasteiger partial charge in [-0.15, -0.1) is 0 Å². The van der Waals surface area contributed by atoms with Crippen molar-refractivity contribution in [2.45, 2.75) is 13.5 Å². The molecule has 11 heteroatoms. The Kier molecular flexibility index (Phi) is 7.14. The van der Waals surface area contributed by atoms with E-state index in [1.54, 1.807) is 43.3 Å². The quantitative estimate of drug-likeness (QED) is 0.194. The van der Waals surface area contributed by atoms with Gasteiger partial charge >= 0.3 is 11.7 Å². The van der Waals surface area contributed by atoms with Gasteiger partial charge < -0.3 is 14.6 Å². The number of carboxylic acids is 1. The summed E-state index contributed by atoms with van der Waals surface area (Å²) >= 11 is 0. The molecule has 0 unspecified atom stereocenters. The number of amides is 2. The van der Waals surface area contributed by atoms with Gasteiger partial charge in [-0.3, -0.25) is 25.1 Å². The zero-order valence-corrected chi connectivity index (χ0v) is 19.5. The molecule has 188 valence electrons. The van der Waals surface area contributed by atoms with E-state index in [0.29, 0.717) is 11.3 Å². The Balaban J connectivity index is 1.68. The number of nitro benzene ring substituents is 1. The molecular formula is C26H21N3O8. The summed E-state index contributed by atoms with van der Waals surface area (Å²) in [5.74, 6) is -2.52. The van der Waals surface area contributed by atoms with E-state index in [9.17, 15) is 29.6 Å². The third kappa shape index (κ3) is 5.40. The third-order valence-electron chi connectivity index (χ3n) is 5.33. The average molecular weight is 503 g/mol. The maximum absolute atomic E-state index is 12.9. The fourth-order valence-electron chi connectivity index (χ4n) is 3.67. The standard InChI is InChI=1S/C26H21N3O8/c1-2-36-22-14-17(12-20-24(30)27-28(25(20)31)19-9-4-3-5-10-19)13-21(29(34)35)23(22)37-15-16-7-6-8-18(11-16)26(32)33/h3-14H,2,15H2,1H3,(H,27,30)(H,32,33)/b20-12-. The SMILES string of the molecule is CCOc1cc(/C=C2/C(=O)NN(c3ccccc3)C2=O)cc([N+](=O)[O-])c1OCc1cccc(C(=O)O)c1. The van der Waals surface area contributed by atoms with Crippen LogP contribution in [0.25, 0.3) is 6.08 Å². The van der Waals surface area contributed by atoms with E-state index in [2.05, 4.69) is 5.43 Å². The van der Waals surface area contributed by atoms with Crippen LogP contribution in [0.15, 0.2) is 72.3 Å². The van der Waals surface area contributed by atoms with Crippen LogP contribution in [0, 0.1) is 10.1 Å². The molecule has 1 heterocycles. The van der Waals surface area contributed by atoms with Gasteiger partial charge in [0, 0.05) is 6.07 Å². The average Bonchev–Trinajstić information content (AvgIpc) is 3.17.